The summed E-state index contributed by atoms with van der Waals surface area (Å²) in [5, 5.41) is 5.45. The van der Waals surface area contributed by atoms with Crippen molar-refractivity contribution >= 4 is 18.5 Å². The molecule has 1 aromatic rings. The van der Waals surface area contributed by atoms with E-state index in [2.05, 4.69) is 29.8 Å². The van der Waals surface area contributed by atoms with Crippen LogP contribution in [0.4, 0.5) is 5.69 Å². The van der Waals surface area contributed by atoms with Gasteiger partial charge in [0.1, 0.15) is 0 Å². The summed E-state index contributed by atoms with van der Waals surface area (Å²) in [6.45, 7) is 4.53. The number of halogens is 1. The molecule has 2 amide bonds. The molecule has 1 aromatic carbocycles. The summed E-state index contributed by atoms with van der Waals surface area (Å²) in [7, 11) is 2.25. The Labute approximate surface area is 157 Å². The van der Waals surface area contributed by atoms with Gasteiger partial charge in [-0.25, -0.2) is 0 Å². The number of anilines is 1. The molecule has 0 bridgehead atoms. The van der Waals surface area contributed by atoms with Crippen molar-refractivity contribution in [2.75, 3.05) is 45.5 Å². The summed E-state index contributed by atoms with van der Waals surface area (Å²) in [5.74, 6) is 0. The van der Waals surface area contributed by atoms with E-state index in [9.17, 15) is 9.59 Å². The number of hydrogen-bond donors (Lipinski definition) is 3. The molecule has 0 aromatic heterocycles. The molecule has 0 heterocycles. The van der Waals surface area contributed by atoms with Crippen LogP contribution in [-0.4, -0.2) is 57.1 Å². The molecule has 6 nitrogen and oxygen atoms in total. The predicted molar refractivity (Wildman–Crippen MR) is 97.3 cm³/mol. The Morgan fingerprint density at radius 3 is 1.88 bits per heavy atom. The summed E-state index contributed by atoms with van der Waals surface area (Å²) >= 11 is 0. The number of amides is 2. The van der Waals surface area contributed by atoms with Crippen molar-refractivity contribution in [1.29, 1.82) is 0 Å². The smallest absolute Gasteiger partial charge is 0.207 e. The lowest BCUT2D eigenvalue weighted by molar-refractivity contribution is -0.910. The number of nitrogens with zero attached hydrogens (tertiary/aromatic N) is 1. The zero-order valence-corrected chi connectivity index (χ0v) is 15.8. The zero-order chi connectivity index (χ0) is 17.7. The first-order valence-corrected chi connectivity index (χ1v) is 8.62. The number of aryl methyl sites for hydroxylation is 1. The van der Waals surface area contributed by atoms with E-state index < -0.39 is 0 Å². The summed E-state index contributed by atoms with van der Waals surface area (Å²) in [5.41, 5.74) is 7.82. The molecule has 0 saturated heterocycles. The van der Waals surface area contributed by atoms with Crippen LogP contribution < -0.4 is 28.8 Å². The Balaban J connectivity index is 0.00000576. The number of nitrogen functional groups attached to an aromatic ring is 1. The van der Waals surface area contributed by atoms with E-state index in [-0.39, 0.29) is 12.4 Å². The van der Waals surface area contributed by atoms with E-state index >= 15 is 0 Å². The number of benzene rings is 1. The van der Waals surface area contributed by atoms with Crippen molar-refractivity contribution in [2.45, 2.75) is 25.7 Å². The second-order valence-electron chi connectivity index (χ2n) is 6.49. The van der Waals surface area contributed by atoms with Gasteiger partial charge < -0.3 is 33.3 Å². The highest BCUT2D eigenvalue weighted by Crippen LogP contribution is 2.12. The van der Waals surface area contributed by atoms with Crippen LogP contribution in [-0.2, 0) is 16.0 Å². The first-order chi connectivity index (χ1) is 11.6. The van der Waals surface area contributed by atoms with Crippen LogP contribution in [0.25, 0.3) is 0 Å². The van der Waals surface area contributed by atoms with E-state index in [0.717, 1.165) is 68.3 Å². The highest BCUT2D eigenvalue weighted by atomic mass is 35.5. The number of hydrogen-bond acceptors (Lipinski definition) is 3. The standard InChI is InChI=1S/C18H30N4O2.ClH/c1-22(13-3-10-20-15-23,14-4-11-21-16-24)12-2-5-17-6-8-18(19)9-7-17;/h6-9,15-16H,2-5,10-14,19H2,1H3,(H-,20,21,23,24);1H. The summed E-state index contributed by atoms with van der Waals surface area (Å²) < 4.78 is 0.954. The van der Waals surface area contributed by atoms with Gasteiger partial charge in [0.2, 0.25) is 12.8 Å². The molecule has 0 atom stereocenters. The molecule has 0 aliphatic rings. The number of carbonyl (C=O) groups excluding carboxylic acids is 2. The van der Waals surface area contributed by atoms with Gasteiger partial charge in [-0.3, -0.25) is 9.59 Å². The Morgan fingerprint density at radius 1 is 0.920 bits per heavy atom. The molecule has 0 aliphatic carbocycles. The predicted octanol–water partition coefficient (Wildman–Crippen LogP) is -2.08. The average Bonchev–Trinajstić information content (AvgIpc) is 2.58. The Hall–Kier alpha value is -1.79. The van der Waals surface area contributed by atoms with Crippen molar-refractivity contribution in [2.24, 2.45) is 0 Å². The molecule has 7 heteroatoms. The first kappa shape index (κ1) is 23.2. The summed E-state index contributed by atoms with van der Waals surface area (Å²) in [6, 6.07) is 8.06. The third kappa shape index (κ3) is 10.6. The Kier molecular flexibility index (Phi) is 12.5. The molecule has 0 aliphatic heterocycles. The highest BCUT2D eigenvalue weighted by Gasteiger charge is 2.20. The fourth-order valence-electron chi connectivity index (χ4n) is 2.93. The topological polar surface area (TPSA) is 84.2 Å². The van der Waals surface area contributed by atoms with Crippen LogP contribution in [0.3, 0.4) is 0 Å². The highest BCUT2D eigenvalue weighted by molar-refractivity contribution is 5.45. The number of quaternary nitrogens is 1. The normalized spacial score (nSPS) is 10.6. The lowest BCUT2D eigenvalue weighted by Crippen LogP contribution is -3.00. The Morgan fingerprint density at radius 2 is 1.40 bits per heavy atom. The van der Waals surface area contributed by atoms with Crippen LogP contribution in [0.15, 0.2) is 24.3 Å². The number of rotatable bonds is 14. The Bertz CT molecular complexity index is 466. The van der Waals surface area contributed by atoms with Gasteiger partial charge in [0.05, 0.1) is 26.7 Å². The molecule has 25 heavy (non-hydrogen) atoms. The van der Waals surface area contributed by atoms with Gasteiger partial charge in [-0.15, -0.1) is 0 Å². The second-order valence-corrected chi connectivity index (χ2v) is 6.49. The fourth-order valence-corrected chi connectivity index (χ4v) is 2.93. The number of nitrogens with one attached hydrogen (secondary N) is 2. The third-order valence-electron chi connectivity index (χ3n) is 4.35. The van der Waals surface area contributed by atoms with E-state index in [1.807, 2.05) is 12.1 Å². The third-order valence-corrected chi connectivity index (χ3v) is 4.35. The lowest BCUT2D eigenvalue weighted by atomic mass is 10.1. The van der Waals surface area contributed by atoms with Crippen molar-refractivity contribution < 1.29 is 26.5 Å². The molecule has 0 spiro atoms. The van der Waals surface area contributed by atoms with Gasteiger partial charge in [-0.05, 0) is 24.1 Å². The number of carbonyl (C=O) groups is 2. The van der Waals surface area contributed by atoms with Gasteiger partial charge >= 0.3 is 0 Å². The minimum absolute atomic E-state index is 0. The molecule has 0 unspecified atom stereocenters. The summed E-state index contributed by atoms with van der Waals surface area (Å²) in [4.78, 5) is 20.7. The van der Waals surface area contributed by atoms with Crippen LogP contribution in [0.5, 0.6) is 0 Å². The maximum absolute atomic E-state index is 10.4. The van der Waals surface area contributed by atoms with Crippen molar-refractivity contribution in [1.82, 2.24) is 10.6 Å². The molecule has 4 N–H and O–H groups in total. The molecule has 0 fully saturated rings. The van der Waals surface area contributed by atoms with Gasteiger partial charge in [0.15, 0.2) is 0 Å². The largest absolute Gasteiger partial charge is 1.00 e. The molecular weight excluding hydrogens is 340 g/mol. The van der Waals surface area contributed by atoms with Gasteiger partial charge in [-0.2, -0.15) is 0 Å². The quantitative estimate of drug-likeness (QED) is 0.152. The number of nitrogens with two attached hydrogens (primary N) is 1. The summed E-state index contributed by atoms with van der Waals surface area (Å²) in [6.07, 6.45) is 5.55. The van der Waals surface area contributed by atoms with Crippen LogP contribution in [0.1, 0.15) is 24.8 Å². The zero-order valence-electron chi connectivity index (χ0n) is 15.0. The van der Waals surface area contributed by atoms with E-state index in [1.54, 1.807) is 0 Å². The minimum Gasteiger partial charge on any atom is -1.00 e. The van der Waals surface area contributed by atoms with Crippen LogP contribution in [0, 0.1) is 0 Å². The molecule has 142 valence electrons. The molecular formula is C18H31ClN4O2. The van der Waals surface area contributed by atoms with Gasteiger partial charge in [0.25, 0.3) is 0 Å². The van der Waals surface area contributed by atoms with Crippen LogP contribution in [0.2, 0.25) is 0 Å². The van der Waals surface area contributed by atoms with E-state index in [1.165, 1.54) is 5.56 Å². The lowest BCUT2D eigenvalue weighted by Gasteiger charge is -2.35. The monoisotopic (exact) mass is 370 g/mol. The maximum Gasteiger partial charge on any atom is 0.207 e. The first-order valence-electron chi connectivity index (χ1n) is 8.62. The molecule has 1 rings (SSSR count). The van der Waals surface area contributed by atoms with E-state index in [0.29, 0.717) is 13.1 Å². The minimum atomic E-state index is 0. The SMILES string of the molecule is C[N+](CCCNC=O)(CCCNC=O)CCCc1ccc(N)cc1.[Cl-]. The van der Waals surface area contributed by atoms with Crippen molar-refractivity contribution in [3.63, 3.8) is 0 Å². The van der Waals surface area contributed by atoms with Gasteiger partial charge in [-0.1, -0.05) is 12.1 Å². The molecule has 0 radical (unpaired) electrons. The van der Waals surface area contributed by atoms with Gasteiger partial charge in [0, 0.05) is 38.0 Å². The maximum atomic E-state index is 10.4. The van der Waals surface area contributed by atoms with Crippen molar-refractivity contribution in [3.05, 3.63) is 29.8 Å². The van der Waals surface area contributed by atoms with Crippen molar-refractivity contribution in [3.8, 4) is 0 Å². The average molecular weight is 371 g/mol. The van der Waals surface area contributed by atoms with E-state index in [4.69, 9.17) is 5.73 Å². The fraction of sp³-hybridized carbons (Fsp3) is 0.556. The van der Waals surface area contributed by atoms with Crippen LogP contribution >= 0.6 is 0 Å². The molecule has 0 saturated carbocycles. The second kappa shape index (κ2) is 13.5.